The number of amides is 2. The van der Waals surface area contributed by atoms with Crippen molar-refractivity contribution in [2.75, 3.05) is 56.6 Å². The van der Waals surface area contributed by atoms with Gasteiger partial charge in [0.15, 0.2) is 5.82 Å². The second-order valence-corrected chi connectivity index (χ2v) is 16.4. The van der Waals surface area contributed by atoms with Gasteiger partial charge in [-0.2, -0.15) is 4.98 Å². The number of rotatable bonds is 20. The molecule has 0 atom stereocenters. The van der Waals surface area contributed by atoms with Crippen molar-refractivity contribution in [1.29, 1.82) is 0 Å². The number of nitrogens with zero attached hydrogens (tertiary/aromatic N) is 3. The number of likely N-dealkylation sites (tertiary alicyclic amines) is 1. The fourth-order valence-corrected chi connectivity index (χ4v) is 7.10. The van der Waals surface area contributed by atoms with Gasteiger partial charge in [-0.1, -0.05) is 57.5 Å². The predicted molar refractivity (Wildman–Crippen MR) is 222 cm³/mol. The first-order valence-electron chi connectivity index (χ1n) is 19.0. The molecule has 2 aromatic carbocycles. The molecule has 4 N–H and O–H groups in total. The standard InChI is InChI=1S/C41H58ClN7O4S/c1-27(2)12-13-38(50)43-17-22-52-23-18-44-39(51)16-21-49-19-14-31(15-20-49)32-25-36(53-28(3)4)35(24-30(32)7)47-41-45-26-33(42)40(48-41)46-34-10-8-9-11-37(34)54-29(5)6/h8-13,24-29,31H,14-23H2,1-7H3,(H,43,50)(H,44,51)(H2,45,46,47,48)/b13-12+. The van der Waals surface area contributed by atoms with Crippen molar-refractivity contribution in [3.8, 4) is 5.75 Å². The molecular formula is C41H58ClN7O4S. The molecule has 1 aliphatic rings. The monoisotopic (exact) mass is 779 g/mol. The number of para-hydroxylation sites is 1. The van der Waals surface area contributed by atoms with Gasteiger partial charge in [-0.05, 0) is 100 Å². The number of ether oxygens (including phenoxy) is 2. The Labute approximate surface area is 330 Å². The van der Waals surface area contributed by atoms with Gasteiger partial charge in [0, 0.05) is 36.2 Å². The van der Waals surface area contributed by atoms with Crippen LogP contribution in [0.5, 0.6) is 5.75 Å². The van der Waals surface area contributed by atoms with Gasteiger partial charge in [0.25, 0.3) is 0 Å². The fourth-order valence-electron chi connectivity index (χ4n) is 6.05. The molecule has 0 aliphatic carbocycles. The lowest BCUT2D eigenvalue weighted by Crippen LogP contribution is -2.37. The van der Waals surface area contributed by atoms with Crippen LogP contribution in [0.25, 0.3) is 0 Å². The van der Waals surface area contributed by atoms with E-state index in [0.717, 1.165) is 54.5 Å². The molecule has 4 rings (SSSR count). The van der Waals surface area contributed by atoms with Crippen LogP contribution in [-0.2, 0) is 14.3 Å². The van der Waals surface area contributed by atoms with E-state index in [-0.39, 0.29) is 17.9 Å². The molecule has 0 radical (unpaired) electrons. The van der Waals surface area contributed by atoms with E-state index in [2.05, 4.69) is 70.1 Å². The van der Waals surface area contributed by atoms with Crippen molar-refractivity contribution in [3.63, 3.8) is 0 Å². The molecule has 11 nitrogen and oxygen atoms in total. The second kappa shape index (κ2) is 21.9. The lowest BCUT2D eigenvalue weighted by molar-refractivity contribution is -0.121. The molecule has 0 unspecified atom stereocenters. The molecule has 3 aromatic rings. The Hall–Kier alpha value is -3.84. The van der Waals surface area contributed by atoms with Crippen molar-refractivity contribution in [1.82, 2.24) is 25.5 Å². The van der Waals surface area contributed by atoms with Gasteiger partial charge in [-0.3, -0.25) is 9.59 Å². The lowest BCUT2D eigenvalue weighted by Gasteiger charge is -2.33. The van der Waals surface area contributed by atoms with Crippen LogP contribution in [0, 0.1) is 12.8 Å². The Morgan fingerprint density at radius 1 is 1.00 bits per heavy atom. The first kappa shape index (κ1) is 42.9. The average Bonchev–Trinajstić information content (AvgIpc) is 3.12. The van der Waals surface area contributed by atoms with E-state index in [0.29, 0.717) is 66.6 Å². The van der Waals surface area contributed by atoms with Gasteiger partial charge in [0.2, 0.25) is 17.8 Å². The van der Waals surface area contributed by atoms with E-state index >= 15 is 0 Å². The second-order valence-electron chi connectivity index (χ2n) is 14.4. The number of allylic oxidation sites excluding steroid dienone is 1. The maximum Gasteiger partial charge on any atom is 0.243 e. The third kappa shape index (κ3) is 14.4. The summed E-state index contributed by atoms with van der Waals surface area (Å²) in [6.45, 7) is 18.8. The Morgan fingerprint density at radius 2 is 1.72 bits per heavy atom. The first-order valence-corrected chi connectivity index (χ1v) is 20.3. The summed E-state index contributed by atoms with van der Waals surface area (Å²) >= 11 is 8.33. The highest BCUT2D eigenvalue weighted by Gasteiger charge is 2.24. The number of anilines is 4. The summed E-state index contributed by atoms with van der Waals surface area (Å²) in [5.41, 5.74) is 4.18. The summed E-state index contributed by atoms with van der Waals surface area (Å²) in [5, 5.41) is 13.4. The lowest BCUT2D eigenvalue weighted by atomic mass is 9.86. The molecule has 1 saturated heterocycles. The minimum atomic E-state index is -0.123. The summed E-state index contributed by atoms with van der Waals surface area (Å²) in [7, 11) is 0. The van der Waals surface area contributed by atoms with Gasteiger partial charge in [0.05, 0.1) is 36.9 Å². The topological polar surface area (TPSA) is 130 Å². The van der Waals surface area contributed by atoms with E-state index in [1.165, 1.54) is 11.1 Å². The van der Waals surface area contributed by atoms with Gasteiger partial charge in [-0.15, -0.1) is 11.8 Å². The molecule has 1 fully saturated rings. The number of thioether (sulfide) groups is 1. The summed E-state index contributed by atoms with van der Waals surface area (Å²) in [6, 6.07) is 12.4. The maximum absolute atomic E-state index is 12.5. The number of nitrogens with one attached hydrogen (secondary N) is 4. The molecule has 1 aromatic heterocycles. The van der Waals surface area contributed by atoms with E-state index in [4.69, 9.17) is 26.1 Å². The quantitative estimate of drug-likeness (QED) is 0.0506. The first-order chi connectivity index (χ1) is 25.9. The Balaban J connectivity index is 1.27. The molecule has 294 valence electrons. The average molecular weight is 780 g/mol. The molecule has 54 heavy (non-hydrogen) atoms. The van der Waals surface area contributed by atoms with E-state index in [9.17, 15) is 9.59 Å². The van der Waals surface area contributed by atoms with E-state index in [1.54, 1.807) is 24.0 Å². The smallest absolute Gasteiger partial charge is 0.243 e. The normalized spacial score (nSPS) is 13.9. The van der Waals surface area contributed by atoms with Crippen LogP contribution in [0.2, 0.25) is 5.02 Å². The minimum absolute atomic E-state index is 0.0183. The molecular weight excluding hydrogens is 722 g/mol. The highest BCUT2D eigenvalue weighted by molar-refractivity contribution is 8.00. The van der Waals surface area contributed by atoms with Crippen molar-refractivity contribution < 1.29 is 19.1 Å². The molecule has 0 spiro atoms. The van der Waals surface area contributed by atoms with Crippen LogP contribution in [0.15, 0.2) is 59.6 Å². The summed E-state index contributed by atoms with van der Waals surface area (Å²) in [6.07, 6.45) is 7.43. The predicted octanol–water partition coefficient (Wildman–Crippen LogP) is 8.24. The summed E-state index contributed by atoms with van der Waals surface area (Å²) in [4.78, 5) is 36.9. The van der Waals surface area contributed by atoms with E-state index in [1.807, 2.05) is 52.0 Å². The number of piperidine rings is 1. The number of carbonyl (C=O) groups excluding carboxylic acids is 2. The number of benzene rings is 2. The largest absolute Gasteiger partial charge is 0.489 e. The highest BCUT2D eigenvalue weighted by Crippen LogP contribution is 2.39. The number of aromatic nitrogens is 2. The van der Waals surface area contributed by atoms with E-state index < -0.39 is 0 Å². The van der Waals surface area contributed by atoms with Gasteiger partial charge in [0.1, 0.15) is 10.8 Å². The molecule has 13 heteroatoms. The zero-order valence-corrected chi connectivity index (χ0v) is 34.4. The van der Waals surface area contributed by atoms with Crippen LogP contribution in [-0.4, -0.2) is 84.0 Å². The van der Waals surface area contributed by atoms with Crippen molar-refractivity contribution in [3.05, 3.63) is 70.9 Å². The van der Waals surface area contributed by atoms with Crippen LogP contribution < -0.4 is 26.0 Å². The third-order valence-electron chi connectivity index (χ3n) is 8.65. The molecule has 0 saturated carbocycles. The van der Waals surface area contributed by atoms with Crippen molar-refractivity contribution >= 4 is 58.3 Å². The SMILES string of the molecule is Cc1cc(Nc2ncc(Cl)c(Nc3ccccc3SC(C)C)n2)c(OC(C)C)cc1C1CCN(CCC(=O)NCCOCCNC(=O)/C=C/C(C)C)CC1. The van der Waals surface area contributed by atoms with Gasteiger partial charge < -0.3 is 35.6 Å². The van der Waals surface area contributed by atoms with Gasteiger partial charge >= 0.3 is 0 Å². The van der Waals surface area contributed by atoms with Gasteiger partial charge in [-0.25, -0.2) is 4.98 Å². The highest BCUT2D eigenvalue weighted by atomic mass is 35.5. The van der Waals surface area contributed by atoms with Crippen LogP contribution >= 0.6 is 23.4 Å². The number of hydrogen-bond donors (Lipinski definition) is 4. The summed E-state index contributed by atoms with van der Waals surface area (Å²) in [5.74, 6) is 2.30. The Morgan fingerprint density at radius 3 is 2.43 bits per heavy atom. The van der Waals surface area contributed by atoms with Crippen molar-refractivity contribution in [2.24, 2.45) is 5.92 Å². The van der Waals surface area contributed by atoms with Crippen LogP contribution in [0.3, 0.4) is 0 Å². The zero-order chi connectivity index (χ0) is 39.0. The molecule has 2 heterocycles. The Kier molecular flexibility index (Phi) is 17.4. The maximum atomic E-state index is 12.5. The fraction of sp³-hybridized carbons (Fsp3) is 0.512. The number of aryl methyl sites for hydroxylation is 1. The molecule has 0 bridgehead atoms. The number of carbonyl (C=O) groups is 2. The zero-order valence-electron chi connectivity index (χ0n) is 32.8. The number of halogens is 1. The molecule has 2 amide bonds. The van der Waals surface area contributed by atoms with Crippen LogP contribution in [0.1, 0.15) is 77.8 Å². The minimum Gasteiger partial charge on any atom is -0.489 e. The van der Waals surface area contributed by atoms with Crippen LogP contribution in [0.4, 0.5) is 23.1 Å². The number of hydrogen-bond acceptors (Lipinski definition) is 10. The Bertz CT molecular complexity index is 1700. The van der Waals surface area contributed by atoms with Crippen molar-refractivity contribution in [2.45, 2.75) is 89.9 Å². The third-order valence-corrected chi connectivity index (χ3v) is 10.0. The molecule has 1 aliphatic heterocycles. The summed E-state index contributed by atoms with van der Waals surface area (Å²) < 4.78 is 11.9.